The van der Waals surface area contributed by atoms with Crippen LogP contribution in [0.25, 0.3) is 10.1 Å². The van der Waals surface area contributed by atoms with Crippen LogP contribution in [-0.4, -0.2) is 19.2 Å². The molecule has 0 saturated heterocycles. The second kappa shape index (κ2) is 5.38. The minimum Gasteiger partial charge on any atom is -0.497 e. The first-order chi connectivity index (χ1) is 9.81. The van der Waals surface area contributed by atoms with Crippen molar-refractivity contribution in [3.63, 3.8) is 0 Å². The standard InChI is InChI=1S/C15H14N2O2S/c1-18-10-3-4-12(14(7-10)19-2)17-13-8-16-9-15-11(13)5-6-20-15/h3-9,17H,1-2H3. The number of pyridine rings is 1. The number of methoxy groups -OCH3 is 2. The molecule has 0 radical (unpaired) electrons. The van der Waals surface area contributed by atoms with Gasteiger partial charge in [0.1, 0.15) is 11.5 Å². The van der Waals surface area contributed by atoms with E-state index in [0.717, 1.165) is 33.0 Å². The third kappa shape index (κ3) is 2.28. The number of fused-ring (bicyclic) bond motifs is 1. The lowest BCUT2D eigenvalue weighted by atomic mass is 10.2. The van der Waals surface area contributed by atoms with Gasteiger partial charge in [0, 0.05) is 17.6 Å². The third-order valence-electron chi connectivity index (χ3n) is 3.06. The van der Waals surface area contributed by atoms with E-state index in [2.05, 4.69) is 21.7 Å². The summed E-state index contributed by atoms with van der Waals surface area (Å²) in [5.41, 5.74) is 1.85. The topological polar surface area (TPSA) is 43.4 Å². The Balaban J connectivity index is 2.00. The number of nitrogens with one attached hydrogen (secondary N) is 1. The first-order valence-corrected chi connectivity index (χ1v) is 7.00. The highest BCUT2D eigenvalue weighted by atomic mass is 32.1. The maximum Gasteiger partial charge on any atom is 0.145 e. The van der Waals surface area contributed by atoms with Crippen molar-refractivity contribution in [3.05, 3.63) is 42.0 Å². The van der Waals surface area contributed by atoms with Gasteiger partial charge in [0.05, 0.1) is 36.5 Å². The molecule has 0 saturated carbocycles. The summed E-state index contributed by atoms with van der Waals surface area (Å²) in [7, 11) is 3.28. The molecule has 0 atom stereocenters. The number of hydrogen-bond acceptors (Lipinski definition) is 5. The summed E-state index contributed by atoms with van der Waals surface area (Å²) in [5.74, 6) is 1.50. The Morgan fingerprint density at radius 2 is 1.95 bits per heavy atom. The second-order valence-electron chi connectivity index (χ2n) is 4.21. The van der Waals surface area contributed by atoms with E-state index in [1.165, 1.54) is 0 Å². The maximum absolute atomic E-state index is 5.39. The van der Waals surface area contributed by atoms with Gasteiger partial charge in [0.2, 0.25) is 0 Å². The Bertz CT molecular complexity index is 740. The van der Waals surface area contributed by atoms with Crippen molar-refractivity contribution in [2.75, 3.05) is 19.5 Å². The summed E-state index contributed by atoms with van der Waals surface area (Å²) in [4.78, 5) is 4.25. The molecule has 2 aromatic heterocycles. The number of hydrogen-bond donors (Lipinski definition) is 1. The van der Waals surface area contributed by atoms with E-state index in [0.29, 0.717) is 0 Å². The van der Waals surface area contributed by atoms with Crippen LogP contribution in [0.5, 0.6) is 11.5 Å². The minimum atomic E-state index is 0.733. The molecule has 1 N–H and O–H groups in total. The number of aromatic nitrogens is 1. The molecule has 3 rings (SSSR count). The van der Waals surface area contributed by atoms with Crippen LogP contribution in [0.15, 0.2) is 42.0 Å². The minimum absolute atomic E-state index is 0.733. The average Bonchev–Trinajstić information content (AvgIpc) is 2.97. The third-order valence-corrected chi connectivity index (χ3v) is 3.91. The van der Waals surface area contributed by atoms with Crippen molar-refractivity contribution in [1.82, 2.24) is 4.98 Å². The highest BCUT2D eigenvalue weighted by Crippen LogP contribution is 2.34. The van der Waals surface area contributed by atoms with Crippen molar-refractivity contribution in [2.24, 2.45) is 0 Å². The fourth-order valence-corrected chi connectivity index (χ4v) is 2.82. The smallest absolute Gasteiger partial charge is 0.145 e. The Kier molecular flexibility index (Phi) is 3.43. The normalized spacial score (nSPS) is 10.5. The van der Waals surface area contributed by atoms with Gasteiger partial charge < -0.3 is 14.8 Å². The lowest BCUT2D eigenvalue weighted by Crippen LogP contribution is -1.96. The van der Waals surface area contributed by atoms with E-state index in [1.54, 1.807) is 25.6 Å². The Hall–Kier alpha value is -2.27. The van der Waals surface area contributed by atoms with Crippen LogP contribution in [0.1, 0.15) is 0 Å². The van der Waals surface area contributed by atoms with Crippen LogP contribution < -0.4 is 14.8 Å². The molecular weight excluding hydrogens is 272 g/mol. The Morgan fingerprint density at radius 3 is 2.75 bits per heavy atom. The number of nitrogens with zero attached hydrogens (tertiary/aromatic N) is 1. The maximum atomic E-state index is 5.39. The van der Waals surface area contributed by atoms with Gasteiger partial charge in [-0.2, -0.15) is 0 Å². The first-order valence-electron chi connectivity index (χ1n) is 6.12. The Labute approximate surface area is 121 Å². The molecular formula is C15H14N2O2S. The molecule has 5 heteroatoms. The van der Waals surface area contributed by atoms with E-state index in [9.17, 15) is 0 Å². The quantitative estimate of drug-likeness (QED) is 0.785. The highest BCUT2D eigenvalue weighted by Gasteiger charge is 2.08. The number of rotatable bonds is 4. The zero-order valence-corrected chi connectivity index (χ0v) is 12.0. The van der Waals surface area contributed by atoms with Gasteiger partial charge in [-0.3, -0.25) is 4.98 Å². The van der Waals surface area contributed by atoms with E-state index >= 15 is 0 Å². The zero-order chi connectivity index (χ0) is 13.9. The fraction of sp³-hybridized carbons (Fsp3) is 0.133. The number of thiophene rings is 1. The second-order valence-corrected chi connectivity index (χ2v) is 5.16. The summed E-state index contributed by atoms with van der Waals surface area (Å²) in [6.45, 7) is 0. The SMILES string of the molecule is COc1ccc(Nc2cncc3sccc23)c(OC)c1. The molecule has 0 aliphatic heterocycles. The van der Waals surface area contributed by atoms with E-state index in [1.807, 2.05) is 30.6 Å². The molecule has 0 spiro atoms. The summed E-state index contributed by atoms with van der Waals surface area (Å²) in [6.07, 6.45) is 3.69. The summed E-state index contributed by atoms with van der Waals surface area (Å²) in [5, 5.41) is 6.58. The highest BCUT2D eigenvalue weighted by molar-refractivity contribution is 7.17. The molecule has 0 fully saturated rings. The molecule has 1 aromatic carbocycles. The van der Waals surface area contributed by atoms with Crippen LogP contribution >= 0.6 is 11.3 Å². The van der Waals surface area contributed by atoms with Crippen molar-refractivity contribution in [2.45, 2.75) is 0 Å². The van der Waals surface area contributed by atoms with Gasteiger partial charge in [-0.15, -0.1) is 11.3 Å². The van der Waals surface area contributed by atoms with Gasteiger partial charge in [-0.25, -0.2) is 0 Å². The molecule has 0 bridgehead atoms. The molecule has 4 nitrogen and oxygen atoms in total. The molecule has 0 amide bonds. The molecule has 20 heavy (non-hydrogen) atoms. The zero-order valence-electron chi connectivity index (χ0n) is 11.2. The Morgan fingerprint density at radius 1 is 1.05 bits per heavy atom. The summed E-state index contributed by atoms with van der Waals surface area (Å²) < 4.78 is 11.7. The van der Waals surface area contributed by atoms with Gasteiger partial charge >= 0.3 is 0 Å². The van der Waals surface area contributed by atoms with Gasteiger partial charge in [0.15, 0.2) is 0 Å². The molecule has 0 unspecified atom stereocenters. The van der Waals surface area contributed by atoms with E-state index in [-0.39, 0.29) is 0 Å². The van der Waals surface area contributed by atoms with Crippen molar-refractivity contribution >= 4 is 32.8 Å². The number of ether oxygens (including phenoxy) is 2. The average molecular weight is 286 g/mol. The number of benzene rings is 1. The molecule has 0 aliphatic rings. The molecule has 3 aromatic rings. The lowest BCUT2D eigenvalue weighted by molar-refractivity contribution is 0.395. The van der Waals surface area contributed by atoms with Crippen molar-refractivity contribution < 1.29 is 9.47 Å². The van der Waals surface area contributed by atoms with Crippen molar-refractivity contribution in [1.29, 1.82) is 0 Å². The largest absolute Gasteiger partial charge is 0.497 e. The molecule has 0 aliphatic carbocycles. The van der Waals surface area contributed by atoms with Crippen LogP contribution in [0.2, 0.25) is 0 Å². The van der Waals surface area contributed by atoms with Crippen LogP contribution in [0.3, 0.4) is 0 Å². The van der Waals surface area contributed by atoms with Crippen molar-refractivity contribution in [3.8, 4) is 11.5 Å². The van der Waals surface area contributed by atoms with Gasteiger partial charge in [0.25, 0.3) is 0 Å². The summed E-state index contributed by atoms with van der Waals surface area (Å²) >= 11 is 1.67. The van der Waals surface area contributed by atoms with Gasteiger partial charge in [-0.1, -0.05) is 0 Å². The van der Waals surface area contributed by atoms with E-state index in [4.69, 9.17) is 9.47 Å². The fourth-order valence-electron chi connectivity index (χ4n) is 2.04. The van der Waals surface area contributed by atoms with E-state index < -0.39 is 0 Å². The molecule has 102 valence electrons. The van der Waals surface area contributed by atoms with Crippen LogP contribution in [0, 0.1) is 0 Å². The van der Waals surface area contributed by atoms with Crippen LogP contribution in [-0.2, 0) is 0 Å². The summed E-state index contributed by atoms with van der Waals surface area (Å²) in [6, 6.07) is 7.76. The predicted molar refractivity (Wildman–Crippen MR) is 82.4 cm³/mol. The molecule has 2 heterocycles. The van der Waals surface area contributed by atoms with Crippen LogP contribution in [0.4, 0.5) is 11.4 Å². The van der Waals surface area contributed by atoms with Gasteiger partial charge in [-0.05, 0) is 23.6 Å². The lowest BCUT2D eigenvalue weighted by Gasteiger charge is -2.13. The predicted octanol–water partition coefficient (Wildman–Crippen LogP) is 4.06. The monoisotopic (exact) mass is 286 g/mol. The first kappa shape index (κ1) is 12.7. The number of anilines is 2.